The summed E-state index contributed by atoms with van der Waals surface area (Å²) < 4.78 is 1.85. The number of nitrogens with zero attached hydrogens (tertiary/aromatic N) is 3. The van der Waals surface area contributed by atoms with E-state index in [1.165, 1.54) is 0 Å². The second kappa shape index (κ2) is 10.9. The maximum absolute atomic E-state index is 3.90. The maximum atomic E-state index is 3.90. The van der Waals surface area contributed by atoms with E-state index in [1.807, 2.05) is 10.9 Å². The van der Waals surface area contributed by atoms with Crippen LogP contribution in [0.4, 0.5) is 0 Å². The van der Waals surface area contributed by atoms with Gasteiger partial charge < -0.3 is 14.4 Å². The van der Waals surface area contributed by atoms with Crippen molar-refractivity contribution in [3.8, 4) is 0 Å². The van der Waals surface area contributed by atoms with Crippen LogP contribution >= 0.6 is 0 Å². The molecule has 0 atom stereocenters. The summed E-state index contributed by atoms with van der Waals surface area (Å²) >= 11 is 0. The van der Waals surface area contributed by atoms with Crippen LogP contribution in [-0.4, -0.2) is 15.0 Å². The normalized spacial score (nSPS) is 7.85. The van der Waals surface area contributed by atoms with Crippen molar-refractivity contribution in [1.29, 1.82) is 0 Å². The second-order valence-electron chi connectivity index (χ2n) is 2.22. The molecule has 0 N–H and O–H groups in total. The van der Waals surface area contributed by atoms with Gasteiger partial charge in [-0.2, -0.15) is 0 Å². The third kappa shape index (κ3) is 6.84. The molecule has 1 aromatic rings. The van der Waals surface area contributed by atoms with Crippen LogP contribution < -0.4 is 0 Å². The van der Waals surface area contributed by atoms with Crippen molar-refractivity contribution in [2.24, 2.45) is 0 Å². The van der Waals surface area contributed by atoms with E-state index in [1.54, 1.807) is 0 Å². The Labute approximate surface area is 118 Å². The zero-order chi connectivity index (χ0) is 7.40. The largest absolute Gasteiger partial charge is 0.358 e. The Balaban J connectivity index is -0.000000333. The summed E-state index contributed by atoms with van der Waals surface area (Å²) in [5.41, 5.74) is 0.966. The van der Waals surface area contributed by atoms with Crippen molar-refractivity contribution in [2.75, 3.05) is 0 Å². The van der Waals surface area contributed by atoms with Crippen molar-refractivity contribution in [2.45, 2.75) is 26.3 Å². The minimum absolute atomic E-state index is 0. The van der Waals surface area contributed by atoms with Crippen LogP contribution in [0.2, 0.25) is 0 Å². The first-order valence-electron chi connectivity index (χ1n) is 3.55. The third-order valence-corrected chi connectivity index (χ3v) is 1.29. The molecule has 13 heavy (non-hydrogen) atoms. The van der Waals surface area contributed by atoms with Gasteiger partial charge in [0.25, 0.3) is 0 Å². The predicted octanol–water partition coefficient (Wildman–Crippen LogP) is 1.51. The molecule has 3 nitrogen and oxygen atoms in total. The van der Waals surface area contributed by atoms with E-state index in [9.17, 15) is 0 Å². The molecule has 1 rings (SSSR count). The van der Waals surface area contributed by atoms with Crippen molar-refractivity contribution >= 4 is 0 Å². The van der Waals surface area contributed by atoms with E-state index in [2.05, 4.69) is 24.2 Å². The molecular formula is C8H15N3VY-2. The molecule has 0 bridgehead atoms. The van der Waals surface area contributed by atoms with Crippen molar-refractivity contribution in [1.82, 2.24) is 15.0 Å². The summed E-state index contributed by atoms with van der Waals surface area (Å²) in [5.74, 6) is 0. The smallest absolute Gasteiger partial charge is 0.0530 e. The average molecular weight is 293 g/mol. The number of hydrogen-bond acceptors (Lipinski definition) is 2. The quantitative estimate of drug-likeness (QED) is 0.791. The van der Waals surface area contributed by atoms with Crippen LogP contribution in [0, 0.1) is 14.4 Å². The Morgan fingerprint density at radius 3 is 2.54 bits per heavy atom. The monoisotopic (exact) mass is 293 g/mol. The third-order valence-electron chi connectivity index (χ3n) is 1.29. The average Bonchev–Trinajstić information content (AvgIpc) is 2.37. The SMILES string of the molecule is [CH2-]Cc1cn(CCC)nn1.[CH3-].[V].[Y]. The van der Waals surface area contributed by atoms with Crippen LogP contribution in [0.1, 0.15) is 19.0 Å². The molecular weight excluding hydrogens is 278 g/mol. The molecule has 0 spiro atoms. The van der Waals surface area contributed by atoms with Gasteiger partial charge in [0.05, 0.1) is 5.69 Å². The van der Waals surface area contributed by atoms with E-state index in [0.717, 1.165) is 25.1 Å². The topological polar surface area (TPSA) is 30.7 Å². The molecule has 0 saturated carbocycles. The van der Waals surface area contributed by atoms with Crippen LogP contribution in [0.25, 0.3) is 0 Å². The Bertz CT molecular complexity index is 203. The predicted molar refractivity (Wildman–Crippen MR) is 45.8 cm³/mol. The number of hydrogen-bond donors (Lipinski definition) is 0. The Morgan fingerprint density at radius 2 is 2.15 bits per heavy atom. The van der Waals surface area contributed by atoms with Gasteiger partial charge in [-0.15, -0.1) is 11.5 Å². The van der Waals surface area contributed by atoms with Crippen molar-refractivity contribution in [3.05, 3.63) is 26.2 Å². The van der Waals surface area contributed by atoms with E-state index in [-0.39, 0.29) is 58.7 Å². The summed E-state index contributed by atoms with van der Waals surface area (Å²) in [7, 11) is 0. The van der Waals surface area contributed by atoms with Gasteiger partial charge in [0.1, 0.15) is 0 Å². The molecule has 5 heteroatoms. The summed E-state index contributed by atoms with van der Waals surface area (Å²) in [6, 6.07) is 0. The van der Waals surface area contributed by atoms with Crippen LogP contribution in [0.3, 0.4) is 0 Å². The van der Waals surface area contributed by atoms with E-state index in [0.29, 0.717) is 0 Å². The van der Waals surface area contributed by atoms with Gasteiger partial charge in [0.15, 0.2) is 0 Å². The molecule has 0 unspecified atom stereocenters. The van der Waals surface area contributed by atoms with E-state index >= 15 is 0 Å². The van der Waals surface area contributed by atoms with Crippen molar-refractivity contribution < 1.29 is 51.3 Å². The molecule has 0 fully saturated rings. The molecule has 0 amide bonds. The van der Waals surface area contributed by atoms with Crippen LogP contribution in [0.15, 0.2) is 6.20 Å². The van der Waals surface area contributed by atoms with E-state index in [4.69, 9.17) is 0 Å². The number of rotatable bonds is 3. The number of aryl methyl sites for hydroxylation is 1. The molecule has 0 aromatic carbocycles. The molecule has 1 aromatic heterocycles. The Kier molecular flexibility index (Phi) is 16.3. The molecule has 1 heterocycles. The van der Waals surface area contributed by atoms with Gasteiger partial charge in [0, 0.05) is 64.0 Å². The first-order valence-corrected chi connectivity index (χ1v) is 3.55. The minimum Gasteiger partial charge on any atom is -0.358 e. The van der Waals surface area contributed by atoms with Gasteiger partial charge in [-0.25, -0.2) is 0 Å². The van der Waals surface area contributed by atoms with Crippen molar-refractivity contribution in [3.63, 3.8) is 0 Å². The molecule has 0 aliphatic rings. The first kappa shape index (κ1) is 19.4. The molecule has 0 saturated heterocycles. The first-order chi connectivity index (χ1) is 4.86. The zero-order valence-electron chi connectivity index (χ0n) is 8.27. The van der Waals surface area contributed by atoms with Gasteiger partial charge >= 0.3 is 0 Å². The second-order valence-corrected chi connectivity index (χ2v) is 2.22. The Morgan fingerprint density at radius 1 is 1.54 bits per heavy atom. The summed E-state index contributed by atoms with van der Waals surface area (Å²) in [5, 5.41) is 7.81. The van der Waals surface area contributed by atoms with E-state index < -0.39 is 0 Å². The molecule has 2 radical (unpaired) electrons. The minimum atomic E-state index is 0. The molecule has 0 aliphatic carbocycles. The van der Waals surface area contributed by atoms with Gasteiger partial charge in [0.2, 0.25) is 0 Å². The number of aromatic nitrogens is 3. The fourth-order valence-electron chi connectivity index (χ4n) is 0.791. The zero-order valence-corrected chi connectivity index (χ0v) is 12.5. The standard InChI is InChI=1S/C7H12N3.CH3.V.Y/c1-3-5-10-6-7(4-2)8-9-10;;;/h6H,2-5H2,1H3;1H3;;/q2*-1;;. The molecule has 0 aliphatic heterocycles. The fraction of sp³-hybridized carbons (Fsp3) is 0.500. The fourth-order valence-corrected chi connectivity index (χ4v) is 0.791. The molecule has 72 valence electrons. The maximum Gasteiger partial charge on any atom is 0.0530 e. The van der Waals surface area contributed by atoms with Gasteiger partial charge in [-0.1, -0.05) is 12.1 Å². The summed E-state index contributed by atoms with van der Waals surface area (Å²) in [6.07, 6.45) is 3.76. The summed E-state index contributed by atoms with van der Waals surface area (Å²) in [4.78, 5) is 0. The van der Waals surface area contributed by atoms with Gasteiger partial charge in [-0.05, 0) is 6.42 Å². The van der Waals surface area contributed by atoms with Crippen LogP contribution in [0.5, 0.6) is 0 Å². The Hall–Kier alpha value is 0.828. The summed E-state index contributed by atoms with van der Waals surface area (Å²) in [6.45, 7) is 6.78. The van der Waals surface area contributed by atoms with Gasteiger partial charge in [-0.3, -0.25) is 4.68 Å². The van der Waals surface area contributed by atoms with Crippen LogP contribution in [-0.2, 0) is 64.2 Å².